The quantitative estimate of drug-likeness (QED) is 0.776. The van der Waals surface area contributed by atoms with E-state index in [0.717, 1.165) is 45.1 Å². The first kappa shape index (κ1) is 20.4. The average molecular weight is 412 g/mol. The topological polar surface area (TPSA) is 106 Å². The largest absolute Gasteiger partial charge is 0.491 e. The number of nitrogens with two attached hydrogens (primary N) is 1. The van der Waals surface area contributed by atoms with Crippen LogP contribution in [0.25, 0.3) is 10.9 Å². The molecule has 2 aliphatic rings. The van der Waals surface area contributed by atoms with Crippen molar-refractivity contribution in [3.05, 3.63) is 29.5 Å². The second-order valence-electron chi connectivity index (χ2n) is 8.41. The third-order valence-corrected chi connectivity index (χ3v) is 6.45. The summed E-state index contributed by atoms with van der Waals surface area (Å²) in [6.07, 6.45) is 7.38. The zero-order valence-corrected chi connectivity index (χ0v) is 17.4. The van der Waals surface area contributed by atoms with E-state index in [1.54, 1.807) is 19.1 Å². The zero-order valence-electron chi connectivity index (χ0n) is 17.4. The SMILES string of the molecule is Cc1nc2cccc(OC[C@@H]3CCCN3C(=O)C3CCCCC3)c2c(N)c1C(=O)O. The van der Waals surface area contributed by atoms with Gasteiger partial charge in [-0.25, -0.2) is 4.79 Å². The Kier molecular flexibility index (Phi) is 5.79. The number of nitrogens with zero attached hydrogens (tertiary/aromatic N) is 2. The van der Waals surface area contributed by atoms with Crippen LogP contribution in [0.3, 0.4) is 0 Å². The molecule has 0 bridgehead atoms. The molecule has 0 spiro atoms. The number of fused-ring (bicyclic) bond motifs is 1. The van der Waals surface area contributed by atoms with Gasteiger partial charge in [0.25, 0.3) is 0 Å². The van der Waals surface area contributed by atoms with Gasteiger partial charge in [-0.3, -0.25) is 9.78 Å². The smallest absolute Gasteiger partial charge is 0.339 e. The summed E-state index contributed by atoms with van der Waals surface area (Å²) in [6, 6.07) is 5.44. The molecule has 1 atom stereocenters. The maximum atomic E-state index is 13.0. The van der Waals surface area contributed by atoms with Gasteiger partial charge in [-0.1, -0.05) is 25.3 Å². The van der Waals surface area contributed by atoms with E-state index in [1.165, 1.54) is 6.42 Å². The van der Waals surface area contributed by atoms with Crippen molar-refractivity contribution in [2.75, 3.05) is 18.9 Å². The Morgan fingerprint density at radius 1 is 1.20 bits per heavy atom. The molecule has 0 unspecified atom stereocenters. The van der Waals surface area contributed by atoms with Crippen LogP contribution in [0.1, 0.15) is 61.0 Å². The van der Waals surface area contributed by atoms with Crippen LogP contribution in [0.5, 0.6) is 5.75 Å². The van der Waals surface area contributed by atoms with Crippen LogP contribution in [0.2, 0.25) is 0 Å². The normalized spacial score (nSPS) is 19.9. The molecule has 0 radical (unpaired) electrons. The minimum Gasteiger partial charge on any atom is -0.491 e. The second-order valence-corrected chi connectivity index (χ2v) is 8.41. The second kappa shape index (κ2) is 8.50. The third kappa shape index (κ3) is 3.80. The fraction of sp³-hybridized carbons (Fsp3) is 0.522. The van der Waals surface area contributed by atoms with Crippen LogP contribution in [-0.4, -0.2) is 46.1 Å². The number of nitrogen functional groups attached to an aromatic ring is 1. The van der Waals surface area contributed by atoms with Crippen molar-refractivity contribution < 1.29 is 19.4 Å². The number of aryl methyl sites for hydroxylation is 1. The molecule has 3 N–H and O–H groups in total. The Labute approximate surface area is 176 Å². The molecular formula is C23H29N3O4. The highest BCUT2D eigenvalue weighted by Gasteiger charge is 2.34. The van der Waals surface area contributed by atoms with Gasteiger partial charge in [0.1, 0.15) is 17.9 Å². The van der Waals surface area contributed by atoms with Crippen LogP contribution in [0.15, 0.2) is 18.2 Å². The summed E-state index contributed by atoms with van der Waals surface area (Å²) in [5, 5.41) is 10.0. The first-order chi connectivity index (χ1) is 14.5. The van der Waals surface area contributed by atoms with Crippen LogP contribution in [0.4, 0.5) is 5.69 Å². The summed E-state index contributed by atoms with van der Waals surface area (Å²) in [5.41, 5.74) is 7.37. The molecule has 7 nitrogen and oxygen atoms in total. The molecule has 4 rings (SSSR count). The Morgan fingerprint density at radius 2 is 1.97 bits per heavy atom. The van der Waals surface area contributed by atoms with Crippen LogP contribution in [0, 0.1) is 12.8 Å². The number of aromatic nitrogens is 1. The Morgan fingerprint density at radius 3 is 2.70 bits per heavy atom. The van der Waals surface area contributed by atoms with E-state index in [1.807, 2.05) is 11.0 Å². The van der Waals surface area contributed by atoms with E-state index in [4.69, 9.17) is 10.5 Å². The van der Waals surface area contributed by atoms with Crippen LogP contribution >= 0.6 is 0 Å². The lowest BCUT2D eigenvalue weighted by Gasteiger charge is -2.30. The van der Waals surface area contributed by atoms with Gasteiger partial charge < -0.3 is 20.5 Å². The number of carbonyl (C=O) groups is 2. The third-order valence-electron chi connectivity index (χ3n) is 6.45. The first-order valence-corrected chi connectivity index (χ1v) is 10.8. The minimum absolute atomic E-state index is 0.00789. The predicted molar refractivity (Wildman–Crippen MR) is 115 cm³/mol. The molecule has 1 aliphatic heterocycles. The Bertz CT molecular complexity index is 969. The van der Waals surface area contributed by atoms with Crippen molar-refractivity contribution in [3.8, 4) is 5.75 Å². The van der Waals surface area contributed by atoms with Gasteiger partial charge in [-0.05, 0) is 44.7 Å². The monoisotopic (exact) mass is 411 g/mol. The lowest BCUT2D eigenvalue weighted by Crippen LogP contribution is -2.42. The molecule has 1 saturated carbocycles. The summed E-state index contributed by atoms with van der Waals surface area (Å²) in [6.45, 7) is 2.79. The number of anilines is 1. The number of hydrogen-bond donors (Lipinski definition) is 2. The van der Waals surface area contributed by atoms with Crippen molar-refractivity contribution in [1.82, 2.24) is 9.88 Å². The standard InChI is InChI=1S/C23H29N3O4/c1-14-19(23(28)29)21(24)20-17(25-14)10-5-11-18(20)30-13-16-9-6-12-26(16)22(27)15-7-3-2-4-8-15/h5,10-11,15-16H,2-4,6-9,12-13H2,1H3,(H2,24,25)(H,28,29)/t16-/m0/s1. The highest BCUT2D eigenvalue weighted by molar-refractivity contribution is 6.06. The minimum atomic E-state index is -1.10. The van der Waals surface area contributed by atoms with E-state index < -0.39 is 5.97 Å². The molecule has 1 aromatic carbocycles. The maximum Gasteiger partial charge on any atom is 0.339 e. The van der Waals surface area contributed by atoms with Crippen molar-refractivity contribution in [2.45, 2.75) is 57.9 Å². The van der Waals surface area contributed by atoms with Crippen LogP contribution in [-0.2, 0) is 4.79 Å². The summed E-state index contributed by atoms with van der Waals surface area (Å²) in [4.78, 5) is 31.0. The van der Waals surface area contributed by atoms with E-state index in [9.17, 15) is 14.7 Å². The molecule has 160 valence electrons. The molecule has 1 aliphatic carbocycles. The van der Waals surface area contributed by atoms with E-state index in [0.29, 0.717) is 29.0 Å². The number of carboxylic acid groups (broad SMARTS) is 1. The van der Waals surface area contributed by atoms with Gasteiger partial charge in [-0.2, -0.15) is 0 Å². The molecule has 1 aromatic heterocycles. The van der Waals surface area contributed by atoms with Crippen molar-refractivity contribution >= 4 is 28.5 Å². The number of amides is 1. The highest BCUT2D eigenvalue weighted by atomic mass is 16.5. The number of likely N-dealkylation sites (tertiary alicyclic amines) is 1. The molecular weight excluding hydrogens is 382 g/mol. The van der Waals surface area contributed by atoms with Gasteiger partial charge >= 0.3 is 5.97 Å². The number of pyridine rings is 1. The van der Waals surface area contributed by atoms with Gasteiger partial charge in [0.15, 0.2) is 0 Å². The average Bonchev–Trinajstić information content (AvgIpc) is 3.20. The van der Waals surface area contributed by atoms with Crippen molar-refractivity contribution in [1.29, 1.82) is 0 Å². The molecule has 1 saturated heterocycles. The summed E-state index contributed by atoms with van der Waals surface area (Å²) < 4.78 is 6.12. The summed E-state index contributed by atoms with van der Waals surface area (Å²) in [7, 11) is 0. The van der Waals surface area contributed by atoms with Gasteiger partial charge in [-0.15, -0.1) is 0 Å². The predicted octanol–water partition coefficient (Wildman–Crippen LogP) is 3.77. The first-order valence-electron chi connectivity index (χ1n) is 10.8. The number of carbonyl (C=O) groups excluding carboxylic acids is 1. The van der Waals surface area contributed by atoms with Gasteiger partial charge in [0.05, 0.1) is 28.3 Å². The Hall–Kier alpha value is -2.83. The lowest BCUT2D eigenvalue weighted by molar-refractivity contribution is -0.137. The van der Waals surface area contributed by atoms with Crippen molar-refractivity contribution in [2.24, 2.45) is 5.92 Å². The number of hydrogen-bond acceptors (Lipinski definition) is 5. The number of carboxylic acids is 1. The number of rotatable bonds is 5. The summed E-state index contributed by atoms with van der Waals surface area (Å²) in [5.74, 6) is -0.173. The van der Waals surface area contributed by atoms with Crippen molar-refractivity contribution in [3.63, 3.8) is 0 Å². The maximum absolute atomic E-state index is 13.0. The van der Waals surface area contributed by atoms with E-state index in [2.05, 4.69) is 4.98 Å². The molecule has 2 fully saturated rings. The number of ether oxygens (including phenoxy) is 1. The number of aromatic carboxylic acids is 1. The van der Waals surface area contributed by atoms with E-state index in [-0.39, 0.29) is 29.1 Å². The molecule has 30 heavy (non-hydrogen) atoms. The van der Waals surface area contributed by atoms with Gasteiger partial charge in [0, 0.05) is 12.5 Å². The van der Waals surface area contributed by atoms with Gasteiger partial charge in [0.2, 0.25) is 5.91 Å². The highest BCUT2D eigenvalue weighted by Crippen LogP contribution is 2.34. The fourth-order valence-corrected chi connectivity index (χ4v) is 4.90. The molecule has 7 heteroatoms. The lowest BCUT2D eigenvalue weighted by atomic mass is 9.88. The number of benzene rings is 1. The molecule has 2 aromatic rings. The zero-order chi connectivity index (χ0) is 21.3. The molecule has 2 heterocycles. The summed E-state index contributed by atoms with van der Waals surface area (Å²) >= 11 is 0. The Balaban J connectivity index is 1.55. The van der Waals surface area contributed by atoms with E-state index >= 15 is 0 Å². The van der Waals surface area contributed by atoms with Crippen LogP contribution < -0.4 is 10.5 Å². The fourth-order valence-electron chi connectivity index (χ4n) is 4.90. The molecule has 1 amide bonds.